The summed E-state index contributed by atoms with van der Waals surface area (Å²) in [5.74, 6) is -0.530. The minimum Gasteiger partial charge on any atom is -0.508 e. The van der Waals surface area contributed by atoms with Crippen molar-refractivity contribution in [2.45, 2.75) is 52.1 Å². The Kier molecular flexibility index (Phi) is 6.46. The number of phenolic OH excluding ortho intramolecular Hbond substituents is 1. The maximum absolute atomic E-state index is 12.8. The van der Waals surface area contributed by atoms with Crippen LogP contribution in [0.25, 0.3) is 0 Å². The molecule has 27 heavy (non-hydrogen) atoms. The predicted molar refractivity (Wildman–Crippen MR) is 102 cm³/mol. The number of nitrogens with zero attached hydrogens (tertiary/aromatic N) is 1. The van der Waals surface area contributed by atoms with Crippen LogP contribution in [0.3, 0.4) is 0 Å². The number of benzene rings is 1. The number of hydrogen-bond donors (Lipinski definition) is 3. The van der Waals surface area contributed by atoms with E-state index in [1.165, 1.54) is 7.05 Å². The lowest BCUT2D eigenvalue weighted by molar-refractivity contribution is -0.145. The Morgan fingerprint density at radius 3 is 2.41 bits per heavy atom. The van der Waals surface area contributed by atoms with Crippen molar-refractivity contribution in [3.8, 4) is 5.75 Å². The molecule has 1 saturated heterocycles. The second kappa shape index (κ2) is 8.41. The van der Waals surface area contributed by atoms with Gasteiger partial charge in [0.25, 0.3) is 0 Å². The van der Waals surface area contributed by atoms with E-state index in [9.17, 15) is 19.5 Å². The Hall–Kier alpha value is -2.57. The van der Waals surface area contributed by atoms with Crippen molar-refractivity contribution in [2.24, 2.45) is 5.41 Å². The summed E-state index contributed by atoms with van der Waals surface area (Å²) < 4.78 is 0. The molecular formula is C20H29N3O4. The van der Waals surface area contributed by atoms with E-state index in [0.717, 1.165) is 12.0 Å². The topological polar surface area (TPSA) is 98.7 Å². The minimum atomic E-state index is -0.751. The van der Waals surface area contributed by atoms with Gasteiger partial charge in [-0.3, -0.25) is 14.4 Å². The van der Waals surface area contributed by atoms with E-state index >= 15 is 0 Å². The number of likely N-dealkylation sites (N-methyl/N-ethyl adjacent to an activating group) is 1. The van der Waals surface area contributed by atoms with Crippen LogP contribution in [0.5, 0.6) is 5.75 Å². The molecule has 1 aliphatic heterocycles. The molecule has 1 aromatic rings. The van der Waals surface area contributed by atoms with Gasteiger partial charge in [0.2, 0.25) is 17.7 Å². The summed E-state index contributed by atoms with van der Waals surface area (Å²) in [5, 5.41) is 14.8. The molecule has 0 radical (unpaired) electrons. The average molecular weight is 375 g/mol. The van der Waals surface area contributed by atoms with Gasteiger partial charge in [-0.05, 0) is 30.5 Å². The van der Waals surface area contributed by atoms with E-state index in [-0.39, 0.29) is 23.5 Å². The van der Waals surface area contributed by atoms with Gasteiger partial charge in [0.05, 0.1) is 0 Å². The third-order valence-corrected chi connectivity index (χ3v) is 4.71. The van der Waals surface area contributed by atoms with E-state index in [1.807, 2.05) is 20.8 Å². The Morgan fingerprint density at radius 1 is 1.22 bits per heavy atom. The molecule has 3 amide bonds. The minimum absolute atomic E-state index is 0.0600. The number of rotatable bonds is 5. The van der Waals surface area contributed by atoms with Gasteiger partial charge in [-0.25, -0.2) is 0 Å². The maximum Gasteiger partial charge on any atom is 0.243 e. The lowest BCUT2D eigenvalue weighted by Gasteiger charge is -2.31. The summed E-state index contributed by atoms with van der Waals surface area (Å²) in [6.45, 7) is 6.05. The van der Waals surface area contributed by atoms with Crippen molar-refractivity contribution < 1.29 is 19.5 Å². The Labute approximate surface area is 160 Å². The first kappa shape index (κ1) is 20.7. The van der Waals surface area contributed by atoms with Crippen LogP contribution in [0.1, 0.15) is 39.2 Å². The van der Waals surface area contributed by atoms with Crippen molar-refractivity contribution in [1.82, 2.24) is 15.5 Å². The van der Waals surface area contributed by atoms with E-state index in [2.05, 4.69) is 10.6 Å². The molecule has 0 bridgehead atoms. The quantitative estimate of drug-likeness (QED) is 0.720. The van der Waals surface area contributed by atoms with Crippen molar-refractivity contribution in [3.05, 3.63) is 29.8 Å². The number of likely N-dealkylation sites (tertiary alicyclic amines) is 1. The van der Waals surface area contributed by atoms with Crippen molar-refractivity contribution in [3.63, 3.8) is 0 Å². The van der Waals surface area contributed by atoms with E-state index in [4.69, 9.17) is 0 Å². The zero-order chi connectivity index (χ0) is 20.2. The molecule has 7 nitrogen and oxygen atoms in total. The van der Waals surface area contributed by atoms with Gasteiger partial charge in [0, 0.05) is 25.4 Å². The average Bonchev–Trinajstić information content (AvgIpc) is 3.10. The molecule has 2 atom stereocenters. The highest BCUT2D eigenvalue weighted by molar-refractivity contribution is 5.93. The molecule has 2 rings (SSSR count). The number of hydrogen-bond acceptors (Lipinski definition) is 4. The molecule has 0 aromatic heterocycles. The number of carbonyl (C=O) groups excluding carboxylic acids is 3. The van der Waals surface area contributed by atoms with Gasteiger partial charge in [-0.1, -0.05) is 32.9 Å². The molecule has 0 unspecified atom stereocenters. The number of amides is 3. The summed E-state index contributed by atoms with van der Waals surface area (Å²) in [6.07, 6.45) is 1.65. The molecule has 0 spiro atoms. The third kappa shape index (κ3) is 5.21. The van der Waals surface area contributed by atoms with Gasteiger partial charge >= 0.3 is 0 Å². The van der Waals surface area contributed by atoms with Crippen LogP contribution >= 0.6 is 0 Å². The first-order chi connectivity index (χ1) is 12.6. The monoisotopic (exact) mass is 375 g/mol. The summed E-state index contributed by atoms with van der Waals surface area (Å²) in [4.78, 5) is 39.3. The van der Waals surface area contributed by atoms with Gasteiger partial charge in [-0.15, -0.1) is 0 Å². The summed E-state index contributed by atoms with van der Waals surface area (Å²) in [6, 6.07) is 5.20. The number of nitrogens with one attached hydrogen (secondary N) is 2. The highest BCUT2D eigenvalue weighted by Gasteiger charge is 2.39. The molecule has 1 heterocycles. The van der Waals surface area contributed by atoms with Crippen molar-refractivity contribution >= 4 is 17.7 Å². The largest absolute Gasteiger partial charge is 0.508 e. The molecule has 3 N–H and O–H groups in total. The SMILES string of the molecule is CNC(=O)[C@H](Cc1ccc(O)cc1)NC(=O)[C@@H]1CCCN1C(=O)C(C)(C)C. The molecule has 1 aliphatic rings. The van der Waals surface area contributed by atoms with E-state index in [0.29, 0.717) is 19.4 Å². The first-order valence-electron chi connectivity index (χ1n) is 9.24. The van der Waals surface area contributed by atoms with Gasteiger partial charge in [0.1, 0.15) is 17.8 Å². The zero-order valence-electron chi connectivity index (χ0n) is 16.4. The Balaban J connectivity index is 2.11. The van der Waals surface area contributed by atoms with Crippen LogP contribution in [-0.2, 0) is 20.8 Å². The molecule has 7 heteroatoms. The Morgan fingerprint density at radius 2 is 1.85 bits per heavy atom. The third-order valence-electron chi connectivity index (χ3n) is 4.71. The molecular weight excluding hydrogens is 346 g/mol. The second-order valence-corrected chi connectivity index (χ2v) is 7.95. The van der Waals surface area contributed by atoms with Crippen molar-refractivity contribution in [1.29, 1.82) is 0 Å². The van der Waals surface area contributed by atoms with E-state index < -0.39 is 17.5 Å². The van der Waals surface area contributed by atoms with Crippen LogP contribution in [0.2, 0.25) is 0 Å². The normalized spacial score (nSPS) is 18.1. The van der Waals surface area contributed by atoms with Crippen LogP contribution in [-0.4, -0.2) is 53.4 Å². The summed E-state index contributed by atoms with van der Waals surface area (Å²) in [7, 11) is 1.52. The Bertz CT molecular complexity index is 694. The molecule has 1 fully saturated rings. The molecule has 0 saturated carbocycles. The summed E-state index contributed by atoms with van der Waals surface area (Å²) in [5.41, 5.74) is 0.255. The zero-order valence-corrected chi connectivity index (χ0v) is 16.4. The standard InChI is InChI=1S/C20H29N3O4/c1-20(2,3)19(27)23-11-5-6-16(23)18(26)22-15(17(25)21-4)12-13-7-9-14(24)10-8-13/h7-10,15-16,24H,5-6,11-12H2,1-4H3,(H,21,25)(H,22,26)/t15-,16-/m0/s1. The molecule has 148 valence electrons. The second-order valence-electron chi connectivity index (χ2n) is 7.95. The summed E-state index contributed by atoms with van der Waals surface area (Å²) >= 11 is 0. The van der Waals surface area contributed by atoms with Crippen LogP contribution in [0.4, 0.5) is 0 Å². The number of carbonyl (C=O) groups is 3. The first-order valence-corrected chi connectivity index (χ1v) is 9.24. The molecule has 1 aromatic carbocycles. The smallest absolute Gasteiger partial charge is 0.243 e. The number of phenols is 1. The lowest BCUT2D eigenvalue weighted by atomic mass is 9.94. The highest BCUT2D eigenvalue weighted by Crippen LogP contribution is 2.25. The van der Waals surface area contributed by atoms with Gasteiger partial charge in [0.15, 0.2) is 0 Å². The van der Waals surface area contributed by atoms with Crippen LogP contribution in [0.15, 0.2) is 24.3 Å². The lowest BCUT2D eigenvalue weighted by Crippen LogP contribution is -2.54. The fraction of sp³-hybridized carbons (Fsp3) is 0.550. The maximum atomic E-state index is 12.8. The fourth-order valence-corrected chi connectivity index (χ4v) is 3.23. The van der Waals surface area contributed by atoms with Crippen LogP contribution in [0, 0.1) is 5.41 Å². The van der Waals surface area contributed by atoms with Crippen molar-refractivity contribution in [2.75, 3.05) is 13.6 Å². The fourth-order valence-electron chi connectivity index (χ4n) is 3.23. The van der Waals surface area contributed by atoms with E-state index in [1.54, 1.807) is 29.2 Å². The molecule has 0 aliphatic carbocycles. The highest BCUT2D eigenvalue weighted by atomic mass is 16.3. The predicted octanol–water partition coefficient (Wildman–Crippen LogP) is 1.20. The van der Waals surface area contributed by atoms with Crippen LogP contribution < -0.4 is 10.6 Å². The van der Waals surface area contributed by atoms with Gasteiger partial charge < -0.3 is 20.6 Å². The van der Waals surface area contributed by atoms with Gasteiger partial charge in [-0.2, -0.15) is 0 Å². The number of aromatic hydroxyl groups is 1.